The van der Waals surface area contributed by atoms with Crippen LogP contribution in [0.4, 0.5) is 0 Å². The Morgan fingerprint density at radius 2 is 2.18 bits per heavy atom. The summed E-state index contributed by atoms with van der Waals surface area (Å²) in [7, 11) is 0. The minimum Gasteiger partial charge on any atom is -0.388 e. The second-order valence-corrected chi connectivity index (χ2v) is 3.48. The van der Waals surface area contributed by atoms with Crippen LogP contribution in [0.15, 0.2) is 47.8 Å². The van der Waals surface area contributed by atoms with E-state index in [9.17, 15) is 5.11 Å². The minimum atomic E-state index is -0.816. The first kappa shape index (κ1) is 11.2. The second kappa shape index (κ2) is 5.16. The zero-order chi connectivity index (χ0) is 12.1. The maximum absolute atomic E-state index is 9.69. The highest BCUT2D eigenvalue weighted by Crippen LogP contribution is 2.14. The lowest BCUT2D eigenvalue weighted by molar-refractivity contribution is 0.187. The van der Waals surface area contributed by atoms with Crippen LogP contribution in [0.25, 0.3) is 16.1 Å². The third-order valence-electron chi connectivity index (χ3n) is 2.33. The number of aliphatic hydroxyl groups excluding tert-OH is 1. The fourth-order valence-electron chi connectivity index (χ4n) is 1.45. The smallest absolute Gasteiger partial charge is 0.0877 e. The first-order valence-corrected chi connectivity index (χ1v) is 5.10. The van der Waals surface area contributed by atoms with Gasteiger partial charge >= 0.3 is 0 Å². The monoisotopic (exact) mass is 229 g/mol. The van der Waals surface area contributed by atoms with Crippen LogP contribution >= 0.6 is 0 Å². The van der Waals surface area contributed by atoms with Gasteiger partial charge in [-0.2, -0.15) is 5.10 Å². The molecule has 0 radical (unpaired) electrons. The molecule has 6 heteroatoms. The number of nitrogens with zero attached hydrogens (tertiary/aromatic N) is 5. The van der Waals surface area contributed by atoms with Gasteiger partial charge in [0.1, 0.15) is 0 Å². The summed E-state index contributed by atoms with van der Waals surface area (Å²) in [4.78, 5) is 2.60. The third-order valence-corrected chi connectivity index (χ3v) is 2.33. The molecule has 17 heavy (non-hydrogen) atoms. The summed E-state index contributed by atoms with van der Waals surface area (Å²) in [5, 5.41) is 17.2. The van der Waals surface area contributed by atoms with E-state index in [1.54, 1.807) is 17.1 Å². The molecule has 0 saturated heterocycles. The molecule has 1 N–H and O–H groups in total. The second-order valence-electron chi connectivity index (χ2n) is 3.48. The number of benzene rings is 1. The Morgan fingerprint density at radius 1 is 1.41 bits per heavy atom. The average Bonchev–Trinajstić information content (AvgIpc) is 2.86. The summed E-state index contributed by atoms with van der Waals surface area (Å²) in [6.45, 7) is 0.0109. The Morgan fingerprint density at radius 3 is 2.88 bits per heavy atom. The van der Waals surface area contributed by atoms with Gasteiger partial charge in [-0.3, -0.25) is 0 Å². The number of rotatable bonds is 4. The third kappa shape index (κ3) is 2.63. The summed E-state index contributed by atoms with van der Waals surface area (Å²) >= 11 is 0. The van der Waals surface area contributed by atoms with Gasteiger partial charge in [0, 0.05) is 16.7 Å². The van der Waals surface area contributed by atoms with Crippen LogP contribution in [0, 0.1) is 0 Å². The van der Waals surface area contributed by atoms with Crippen molar-refractivity contribution in [2.75, 3.05) is 6.54 Å². The van der Waals surface area contributed by atoms with Crippen molar-refractivity contribution in [2.45, 2.75) is 6.10 Å². The number of hydrogen-bond acceptors (Lipinski definition) is 3. The quantitative estimate of drug-likeness (QED) is 0.495. The molecule has 86 valence electrons. The van der Waals surface area contributed by atoms with Crippen molar-refractivity contribution in [3.05, 3.63) is 58.7 Å². The molecule has 0 aliphatic carbocycles. The van der Waals surface area contributed by atoms with Crippen LogP contribution in [0.3, 0.4) is 0 Å². The molecule has 1 aromatic heterocycles. The zero-order valence-corrected chi connectivity index (χ0v) is 9.01. The minimum absolute atomic E-state index is 0.0109. The van der Waals surface area contributed by atoms with Crippen LogP contribution in [0.1, 0.15) is 11.7 Å². The van der Waals surface area contributed by atoms with Crippen molar-refractivity contribution >= 4 is 0 Å². The molecule has 1 atom stereocenters. The van der Waals surface area contributed by atoms with Gasteiger partial charge in [0.05, 0.1) is 24.5 Å². The fourth-order valence-corrected chi connectivity index (χ4v) is 1.45. The molecule has 0 saturated carbocycles. The fraction of sp³-hybridized carbons (Fsp3) is 0.182. The SMILES string of the molecule is [N-]=[N+]=NC[C@@H](O)c1cnn(-c2ccccc2)c1. The lowest BCUT2D eigenvalue weighted by Gasteiger charge is -2.03. The number of hydrogen-bond donors (Lipinski definition) is 1. The summed E-state index contributed by atoms with van der Waals surface area (Å²) in [5.41, 5.74) is 9.71. The molecule has 0 fully saturated rings. The van der Waals surface area contributed by atoms with Crippen LogP contribution in [-0.4, -0.2) is 21.4 Å². The van der Waals surface area contributed by atoms with Crippen molar-refractivity contribution < 1.29 is 5.11 Å². The summed E-state index contributed by atoms with van der Waals surface area (Å²) in [6.07, 6.45) is 2.46. The number of aromatic nitrogens is 2. The predicted molar refractivity (Wildman–Crippen MR) is 62.5 cm³/mol. The molecule has 2 rings (SSSR count). The van der Waals surface area contributed by atoms with Crippen LogP contribution in [0.2, 0.25) is 0 Å². The number of para-hydroxylation sites is 1. The lowest BCUT2D eigenvalue weighted by Crippen LogP contribution is -1.99. The van der Waals surface area contributed by atoms with Gasteiger partial charge in [0.2, 0.25) is 0 Å². The maximum Gasteiger partial charge on any atom is 0.0877 e. The highest BCUT2D eigenvalue weighted by molar-refractivity contribution is 5.31. The van der Waals surface area contributed by atoms with E-state index in [0.29, 0.717) is 5.56 Å². The van der Waals surface area contributed by atoms with E-state index in [-0.39, 0.29) is 6.54 Å². The first-order chi connectivity index (χ1) is 8.31. The van der Waals surface area contributed by atoms with E-state index < -0.39 is 6.10 Å². The van der Waals surface area contributed by atoms with Gasteiger partial charge in [-0.05, 0) is 17.7 Å². The van der Waals surface area contributed by atoms with Gasteiger partial charge in [-0.1, -0.05) is 23.3 Å². The summed E-state index contributed by atoms with van der Waals surface area (Å²) in [5.74, 6) is 0. The summed E-state index contributed by atoms with van der Waals surface area (Å²) < 4.78 is 1.66. The Kier molecular flexibility index (Phi) is 3.40. The van der Waals surface area contributed by atoms with E-state index in [1.165, 1.54) is 0 Å². The molecule has 0 bridgehead atoms. The molecule has 1 heterocycles. The Labute approximate surface area is 97.8 Å². The van der Waals surface area contributed by atoms with E-state index in [0.717, 1.165) is 5.69 Å². The van der Waals surface area contributed by atoms with E-state index in [1.807, 2.05) is 30.3 Å². The first-order valence-electron chi connectivity index (χ1n) is 5.10. The molecule has 0 aliphatic rings. The molecule has 2 aromatic rings. The molecule has 0 unspecified atom stereocenters. The van der Waals surface area contributed by atoms with Crippen LogP contribution in [-0.2, 0) is 0 Å². The lowest BCUT2D eigenvalue weighted by atomic mass is 10.2. The molecule has 6 nitrogen and oxygen atoms in total. The topological polar surface area (TPSA) is 86.8 Å². The molecular weight excluding hydrogens is 218 g/mol. The largest absolute Gasteiger partial charge is 0.388 e. The van der Waals surface area contributed by atoms with Gasteiger partial charge in [0.25, 0.3) is 0 Å². The molecule has 0 amide bonds. The zero-order valence-electron chi connectivity index (χ0n) is 9.01. The molecular formula is C11H11N5O. The highest BCUT2D eigenvalue weighted by atomic mass is 16.3. The normalized spacial score (nSPS) is 11.8. The summed E-state index contributed by atoms with van der Waals surface area (Å²) in [6, 6.07) is 9.57. The highest BCUT2D eigenvalue weighted by Gasteiger charge is 2.09. The Bertz CT molecular complexity index is 530. The van der Waals surface area contributed by atoms with Crippen molar-refractivity contribution in [3.8, 4) is 5.69 Å². The molecule has 1 aromatic carbocycles. The Balaban J connectivity index is 2.19. The predicted octanol–water partition coefficient (Wildman–Crippen LogP) is 2.22. The van der Waals surface area contributed by atoms with Crippen LogP contribution in [0.5, 0.6) is 0 Å². The molecule has 0 spiro atoms. The maximum atomic E-state index is 9.69. The van der Waals surface area contributed by atoms with E-state index in [4.69, 9.17) is 5.53 Å². The standard InChI is InChI=1S/C11H11N5O/c12-15-13-7-11(17)9-6-14-16(8-9)10-4-2-1-3-5-10/h1-6,8,11,17H,7H2/t11-/m1/s1. The number of azide groups is 1. The Hall–Kier alpha value is -2.30. The van der Waals surface area contributed by atoms with Gasteiger partial charge in [-0.25, -0.2) is 4.68 Å². The van der Waals surface area contributed by atoms with Gasteiger partial charge in [0.15, 0.2) is 0 Å². The van der Waals surface area contributed by atoms with Crippen molar-refractivity contribution in [1.82, 2.24) is 9.78 Å². The van der Waals surface area contributed by atoms with E-state index in [2.05, 4.69) is 15.1 Å². The van der Waals surface area contributed by atoms with Gasteiger partial charge in [-0.15, -0.1) is 0 Å². The van der Waals surface area contributed by atoms with Crippen molar-refractivity contribution in [2.24, 2.45) is 5.11 Å². The van der Waals surface area contributed by atoms with E-state index >= 15 is 0 Å². The average molecular weight is 229 g/mol. The van der Waals surface area contributed by atoms with Crippen molar-refractivity contribution in [1.29, 1.82) is 0 Å². The van der Waals surface area contributed by atoms with Crippen LogP contribution < -0.4 is 0 Å². The number of aliphatic hydroxyl groups is 1. The van der Waals surface area contributed by atoms with Crippen molar-refractivity contribution in [3.63, 3.8) is 0 Å². The van der Waals surface area contributed by atoms with Gasteiger partial charge < -0.3 is 5.11 Å². The molecule has 0 aliphatic heterocycles.